The smallest absolute Gasteiger partial charge is 0.326 e. The summed E-state index contributed by atoms with van der Waals surface area (Å²) in [5.74, 6) is -1.00. The Morgan fingerprint density at radius 1 is 1.11 bits per heavy atom. The standard InChI is InChI=1S/C24H28N6O5/c1-12(13-8-9-13)26-21(32)19-28-18(29-30-19)14-6-5-7-15(10-14)22-25-11-16(35-22)20(31)27-17(23(33)34)24(2,3)4/h5-7,10-13,17H,8-9H2,1-4H3,(H,26,32)(H,27,31)(H,33,34)(H,28,29,30). The highest BCUT2D eigenvalue weighted by Gasteiger charge is 2.34. The summed E-state index contributed by atoms with van der Waals surface area (Å²) in [5.41, 5.74) is 0.519. The van der Waals surface area contributed by atoms with Gasteiger partial charge < -0.3 is 25.1 Å². The van der Waals surface area contributed by atoms with Gasteiger partial charge in [-0.3, -0.25) is 9.59 Å². The number of carboxylic acid groups (broad SMARTS) is 1. The van der Waals surface area contributed by atoms with Crippen molar-refractivity contribution in [2.24, 2.45) is 11.3 Å². The SMILES string of the molecule is CC(NC(=O)c1nnc(-c2cccc(-c3ncc(C(=O)NC(C(=O)O)C(C)(C)C)o3)c2)[nH]1)C1CC1. The number of aromatic amines is 1. The lowest BCUT2D eigenvalue weighted by Gasteiger charge is -2.27. The number of carbonyl (C=O) groups is 3. The molecule has 11 nitrogen and oxygen atoms in total. The molecule has 1 aliphatic rings. The summed E-state index contributed by atoms with van der Waals surface area (Å²) in [4.78, 5) is 43.6. The van der Waals surface area contributed by atoms with Crippen LogP contribution >= 0.6 is 0 Å². The summed E-state index contributed by atoms with van der Waals surface area (Å²) in [6.45, 7) is 7.13. The molecule has 184 valence electrons. The number of carbonyl (C=O) groups excluding carboxylic acids is 2. The number of nitrogens with zero attached hydrogens (tertiary/aromatic N) is 3. The third-order valence-corrected chi connectivity index (χ3v) is 5.89. The van der Waals surface area contributed by atoms with Crippen LogP contribution in [0.3, 0.4) is 0 Å². The van der Waals surface area contributed by atoms with Gasteiger partial charge in [-0.2, -0.15) is 0 Å². The lowest BCUT2D eigenvalue weighted by molar-refractivity contribution is -0.142. The number of amides is 2. The summed E-state index contributed by atoms with van der Waals surface area (Å²) in [5, 5.41) is 22.9. The predicted molar refractivity (Wildman–Crippen MR) is 125 cm³/mol. The number of hydrogen-bond acceptors (Lipinski definition) is 7. The Labute approximate surface area is 201 Å². The van der Waals surface area contributed by atoms with Crippen LogP contribution in [-0.4, -0.2) is 55.1 Å². The van der Waals surface area contributed by atoms with Crippen LogP contribution in [0.2, 0.25) is 0 Å². The van der Waals surface area contributed by atoms with Crippen LogP contribution in [-0.2, 0) is 4.79 Å². The van der Waals surface area contributed by atoms with Gasteiger partial charge in [0.05, 0.1) is 6.20 Å². The van der Waals surface area contributed by atoms with Crippen molar-refractivity contribution in [3.05, 3.63) is 42.0 Å². The summed E-state index contributed by atoms with van der Waals surface area (Å²) in [6.07, 6.45) is 3.49. The third-order valence-electron chi connectivity index (χ3n) is 5.89. The second kappa shape index (κ2) is 9.32. The Kier molecular flexibility index (Phi) is 6.42. The zero-order chi connectivity index (χ0) is 25.3. The molecule has 11 heteroatoms. The monoisotopic (exact) mass is 480 g/mol. The van der Waals surface area contributed by atoms with Crippen LogP contribution in [0.25, 0.3) is 22.8 Å². The number of hydrogen-bond donors (Lipinski definition) is 4. The Morgan fingerprint density at radius 3 is 2.49 bits per heavy atom. The summed E-state index contributed by atoms with van der Waals surface area (Å²) in [6, 6.07) is 6.01. The lowest BCUT2D eigenvalue weighted by atomic mass is 9.87. The van der Waals surface area contributed by atoms with Gasteiger partial charge in [0, 0.05) is 17.2 Å². The molecule has 2 unspecified atom stereocenters. The normalized spacial score (nSPS) is 15.3. The second-order valence-electron chi connectivity index (χ2n) is 9.84. The second-order valence-corrected chi connectivity index (χ2v) is 9.84. The molecule has 2 atom stereocenters. The minimum atomic E-state index is -1.14. The molecular formula is C24H28N6O5. The van der Waals surface area contributed by atoms with Gasteiger partial charge in [-0.15, -0.1) is 10.2 Å². The molecule has 1 saturated carbocycles. The average molecular weight is 481 g/mol. The summed E-state index contributed by atoms with van der Waals surface area (Å²) in [7, 11) is 0. The molecule has 2 aromatic heterocycles. The van der Waals surface area contributed by atoms with Gasteiger partial charge in [0.25, 0.3) is 11.8 Å². The van der Waals surface area contributed by atoms with Crippen molar-refractivity contribution in [3.8, 4) is 22.8 Å². The molecule has 1 aromatic carbocycles. The van der Waals surface area contributed by atoms with Crippen LogP contribution in [0, 0.1) is 11.3 Å². The van der Waals surface area contributed by atoms with E-state index < -0.39 is 23.3 Å². The first-order chi connectivity index (χ1) is 16.5. The van der Waals surface area contributed by atoms with Crippen molar-refractivity contribution >= 4 is 17.8 Å². The predicted octanol–water partition coefficient (Wildman–Crippen LogP) is 2.88. The Morgan fingerprint density at radius 2 is 1.83 bits per heavy atom. The van der Waals surface area contributed by atoms with E-state index in [1.165, 1.54) is 6.20 Å². The fourth-order valence-electron chi connectivity index (χ4n) is 3.65. The van der Waals surface area contributed by atoms with Gasteiger partial charge in [0.1, 0.15) is 6.04 Å². The number of H-pyrrole nitrogens is 1. The van der Waals surface area contributed by atoms with Crippen molar-refractivity contribution in [2.75, 3.05) is 0 Å². The molecular weight excluding hydrogens is 452 g/mol. The van der Waals surface area contributed by atoms with Gasteiger partial charge in [-0.05, 0) is 43.2 Å². The van der Waals surface area contributed by atoms with Gasteiger partial charge in [0.15, 0.2) is 5.82 Å². The maximum Gasteiger partial charge on any atom is 0.326 e. The Balaban J connectivity index is 1.48. The van der Waals surface area contributed by atoms with Crippen molar-refractivity contribution in [1.29, 1.82) is 0 Å². The van der Waals surface area contributed by atoms with E-state index in [0.29, 0.717) is 22.9 Å². The molecule has 2 heterocycles. The highest BCUT2D eigenvalue weighted by Crippen LogP contribution is 2.32. The molecule has 0 aliphatic heterocycles. The zero-order valence-electron chi connectivity index (χ0n) is 20.0. The van der Waals surface area contributed by atoms with Gasteiger partial charge in [-0.25, -0.2) is 9.78 Å². The largest absolute Gasteiger partial charge is 0.480 e. The molecule has 0 bridgehead atoms. The van der Waals surface area contributed by atoms with E-state index in [1.807, 2.05) is 6.92 Å². The van der Waals surface area contributed by atoms with E-state index >= 15 is 0 Å². The van der Waals surface area contributed by atoms with Crippen LogP contribution in [0.15, 0.2) is 34.9 Å². The van der Waals surface area contributed by atoms with Crippen LogP contribution in [0.4, 0.5) is 0 Å². The van der Waals surface area contributed by atoms with Crippen LogP contribution in [0.5, 0.6) is 0 Å². The topological polar surface area (TPSA) is 163 Å². The molecule has 1 aliphatic carbocycles. The average Bonchev–Trinajstić information content (AvgIpc) is 3.32. The van der Waals surface area contributed by atoms with Crippen LogP contribution in [0.1, 0.15) is 61.7 Å². The first kappa shape index (κ1) is 24.1. The van der Waals surface area contributed by atoms with E-state index in [9.17, 15) is 19.5 Å². The maximum atomic E-state index is 12.6. The number of oxazole rings is 1. The van der Waals surface area contributed by atoms with Crippen molar-refractivity contribution in [3.63, 3.8) is 0 Å². The highest BCUT2D eigenvalue weighted by molar-refractivity contribution is 5.94. The first-order valence-corrected chi connectivity index (χ1v) is 11.4. The summed E-state index contributed by atoms with van der Waals surface area (Å²) < 4.78 is 5.60. The fourth-order valence-corrected chi connectivity index (χ4v) is 3.65. The molecule has 3 aromatic rings. The Bertz CT molecular complexity index is 1250. The van der Waals surface area contributed by atoms with Gasteiger partial charge >= 0.3 is 5.97 Å². The van der Waals surface area contributed by atoms with E-state index in [1.54, 1.807) is 45.0 Å². The lowest BCUT2D eigenvalue weighted by Crippen LogP contribution is -2.49. The number of nitrogens with one attached hydrogen (secondary N) is 3. The van der Waals surface area contributed by atoms with Gasteiger partial charge in [0.2, 0.25) is 17.5 Å². The molecule has 4 rings (SSSR count). The first-order valence-electron chi connectivity index (χ1n) is 11.4. The fraction of sp³-hybridized carbons (Fsp3) is 0.417. The highest BCUT2D eigenvalue weighted by atomic mass is 16.4. The number of aromatic nitrogens is 4. The number of aliphatic carboxylic acids is 1. The molecule has 4 N–H and O–H groups in total. The van der Waals surface area contributed by atoms with E-state index in [2.05, 4.69) is 30.8 Å². The van der Waals surface area contributed by atoms with Crippen LogP contribution < -0.4 is 10.6 Å². The molecule has 1 fully saturated rings. The quantitative estimate of drug-likeness (QED) is 0.382. The van der Waals surface area contributed by atoms with E-state index in [0.717, 1.165) is 12.8 Å². The molecule has 0 spiro atoms. The number of carboxylic acids is 1. The Hall–Kier alpha value is -4.02. The zero-order valence-corrected chi connectivity index (χ0v) is 20.0. The summed E-state index contributed by atoms with van der Waals surface area (Å²) >= 11 is 0. The molecule has 0 saturated heterocycles. The third kappa shape index (κ3) is 5.56. The minimum Gasteiger partial charge on any atom is -0.480 e. The van der Waals surface area contributed by atoms with Gasteiger partial charge in [-0.1, -0.05) is 32.9 Å². The molecule has 0 radical (unpaired) electrons. The van der Waals surface area contributed by atoms with Crippen molar-refractivity contribution < 1.29 is 23.9 Å². The molecule has 2 amide bonds. The van der Waals surface area contributed by atoms with Crippen molar-refractivity contribution in [2.45, 2.75) is 52.6 Å². The maximum absolute atomic E-state index is 12.6. The van der Waals surface area contributed by atoms with Crippen molar-refractivity contribution in [1.82, 2.24) is 30.8 Å². The van der Waals surface area contributed by atoms with E-state index in [4.69, 9.17) is 4.42 Å². The van der Waals surface area contributed by atoms with E-state index in [-0.39, 0.29) is 29.4 Å². The number of benzene rings is 1. The minimum absolute atomic E-state index is 0.0879. The molecule has 35 heavy (non-hydrogen) atoms. The number of rotatable bonds is 8.